The lowest BCUT2D eigenvalue weighted by Gasteiger charge is -2.22. The number of aromatic nitrogens is 1. The van der Waals surface area contributed by atoms with Crippen molar-refractivity contribution in [3.8, 4) is 11.5 Å². The predicted octanol–water partition coefficient (Wildman–Crippen LogP) is 5.00. The molecule has 3 rings (SSSR count). The molecule has 0 bridgehead atoms. The van der Waals surface area contributed by atoms with Crippen molar-refractivity contribution >= 4 is 28.4 Å². The maximum absolute atomic E-state index is 12.5. The zero-order chi connectivity index (χ0) is 20.1. The van der Waals surface area contributed by atoms with Gasteiger partial charge in [-0.25, -0.2) is 0 Å². The van der Waals surface area contributed by atoms with Crippen LogP contribution >= 0.6 is 11.6 Å². The molecule has 0 aliphatic carbocycles. The van der Waals surface area contributed by atoms with E-state index in [0.717, 1.165) is 18.4 Å². The molecule has 1 heterocycles. The largest absolute Gasteiger partial charge is 0.505 e. The summed E-state index contributed by atoms with van der Waals surface area (Å²) in [5, 5.41) is 15.1. The first-order chi connectivity index (χ1) is 13.5. The maximum Gasteiger partial charge on any atom is 0.220 e. The molecule has 28 heavy (non-hydrogen) atoms. The Kier molecular flexibility index (Phi) is 6.37. The number of phenols is 1. The third kappa shape index (κ3) is 4.20. The number of nitrogens with zero attached hydrogens (tertiary/aromatic N) is 1. The third-order valence-electron chi connectivity index (χ3n) is 4.65. The Morgan fingerprint density at radius 3 is 2.86 bits per heavy atom. The van der Waals surface area contributed by atoms with E-state index in [0.29, 0.717) is 33.7 Å². The Bertz CT molecular complexity index is 991. The van der Waals surface area contributed by atoms with Crippen molar-refractivity contribution in [1.29, 1.82) is 0 Å². The summed E-state index contributed by atoms with van der Waals surface area (Å²) >= 11 is 6.46. The van der Waals surface area contributed by atoms with Crippen LogP contribution in [0.25, 0.3) is 10.9 Å². The van der Waals surface area contributed by atoms with Crippen LogP contribution in [0.4, 0.5) is 0 Å². The SMILES string of the molecule is CCCCC(=O)NC(c1cccc(OC)c1)c1cc(Cl)c2cccnc2c1O. The number of unbranched alkanes of at least 4 members (excludes halogenated alkanes) is 1. The van der Waals surface area contributed by atoms with Gasteiger partial charge in [0.2, 0.25) is 5.91 Å². The summed E-state index contributed by atoms with van der Waals surface area (Å²) in [4.78, 5) is 16.8. The van der Waals surface area contributed by atoms with Gasteiger partial charge in [-0.1, -0.05) is 37.1 Å². The molecule has 1 atom stereocenters. The molecule has 1 amide bonds. The van der Waals surface area contributed by atoms with Gasteiger partial charge < -0.3 is 15.2 Å². The number of rotatable bonds is 7. The Hall–Kier alpha value is -2.79. The Morgan fingerprint density at radius 2 is 2.11 bits per heavy atom. The van der Waals surface area contributed by atoms with Gasteiger partial charge in [0.25, 0.3) is 0 Å². The van der Waals surface area contributed by atoms with Gasteiger partial charge in [0.15, 0.2) is 0 Å². The number of amides is 1. The number of hydrogen-bond donors (Lipinski definition) is 2. The highest BCUT2D eigenvalue weighted by Crippen LogP contribution is 2.38. The number of benzene rings is 2. The van der Waals surface area contributed by atoms with Gasteiger partial charge in [-0.3, -0.25) is 9.78 Å². The molecule has 0 saturated carbocycles. The molecule has 2 N–H and O–H groups in total. The van der Waals surface area contributed by atoms with Crippen molar-refractivity contribution < 1.29 is 14.6 Å². The van der Waals surface area contributed by atoms with Crippen LogP contribution in [0.5, 0.6) is 11.5 Å². The maximum atomic E-state index is 12.5. The van der Waals surface area contributed by atoms with E-state index in [9.17, 15) is 9.90 Å². The summed E-state index contributed by atoms with van der Waals surface area (Å²) in [6.07, 6.45) is 3.73. The summed E-state index contributed by atoms with van der Waals surface area (Å²) in [6, 6.07) is 12.1. The lowest BCUT2D eigenvalue weighted by atomic mass is 9.95. The van der Waals surface area contributed by atoms with E-state index in [1.807, 2.05) is 31.2 Å². The number of pyridine rings is 1. The van der Waals surface area contributed by atoms with Crippen LogP contribution in [0.1, 0.15) is 43.4 Å². The average Bonchev–Trinajstić information content (AvgIpc) is 2.73. The summed E-state index contributed by atoms with van der Waals surface area (Å²) in [7, 11) is 1.59. The first-order valence-corrected chi connectivity index (χ1v) is 9.62. The molecule has 3 aromatic rings. The van der Waals surface area contributed by atoms with E-state index >= 15 is 0 Å². The quantitative estimate of drug-likeness (QED) is 0.587. The fourth-order valence-electron chi connectivity index (χ4n) is 3.16. The molecule has 6 heteroatoms. The first kappa shape index (κ1) is 20.0. The Morgan fingerprint density at radius 1 is 1.29 bits per heavy atom. The van der Waals surface area contributed by atoms with E-state index in [1.165, 1.54) is 0 Å². The molecule has 146 valence electrons. The third-order valence-corrected chi connectivity index (χ3v) is 4.96. The molecule has 0 fully saturated rings. The molecule has 0 aliphatic rings. The minimum Gasteiger partial charge on any atom is -0.505 e. The number of carbonyl (C=O) groups is 1. The number of ether oxygens (including phenoxy) is 1. The van der Waals surface area contributed by atoms with Gasteiger partial charge in [0, 0.05) is 23.6 Å². The number of halogens is 1. The van der Waals surface area contributed by atoms with Crippen LogP contribution < -0.4 is 10.1 Å². The van der Waals surface area contributed by atoms with Crippen LogP contribution in [-0.4, -0.2) is 23.1 Å². The molecule has 0 radical (unpaired) electrons. The highest BCUT2D eigenvalue weighted by molar-refractivity contribution is 6.35. The van der Waals surface area contributed by atoms with Gasteiger partial charge >= 0.3 is 0 Å². The van der Waals surface area contributed by atoms with E-state index in [1.54, 1.807) is 31.5 Å². The Labute approximate surface area is 169 Å². The highest BCUT2D eigenvalue weighted by Gasteiger charge is 2.23. The van der Waals surface area contributed by atoms with Crippen molar-refractivity contribution in [2.75, 3.05) is 7.11 Å². The lowest BCUT2D eigenvalue weighted by molar-refractivity contribution is -0.121. The van der Waals surface area contributed by atoms with Crippen LogP contribution in [-0.2, 0) is 4.79 Å². The van der Waals surface area contributed by atoms with Crippen molar-refractivity contribution in [2.45, 2.75) is 32.2 Å². The smallest absolute Gasteiger partial charge is 0.220 e. The van der Waals surface area contributed by atoms with E-state index in [2.05, 4.69) is 10.3 Å². The van der Waals surface area contributed by atoms with Crippen molar-refractivity contribution in [1.82, 2.24) is 10.3 Å². The standard InChI is InChI=1S/C22H23ClN2O3/c1-3-4-10-19(26)25-20(14-7-5-8-15(12-14)28-2)17-13-18(23)16-9-6-11-24-21(16)22(17)27/h5-9,11-13,20,27H,3-4,10H2,1-2H3,(H,25,26). The van der Waals surface area contributed by atoms with Crippen LogP contribution in [0.2, 0.25) is 5.02 Å². The van der Waals surface area contributed by atoms with Crippen molar-refractivity contribution in [2.24, 2.45) is 0 Å². The summed E-state index contributed by atoms with van der Waals surface area (Å²) in [6.45, 7) is 2.04. The zero-order valence-electron chi connectivity index (χ0n) is 15.9. The summed E-state index contributed by atoms with van der Waals surface area (Å²) in [5.74, 6) is 0.574. The molecule has 1 aromatic heterocycles. The fraction of sp³-hybridized carbons (Fsp3) is 0.273. The number of hydrogen-bond acceptors (Lipinski definition) is 4. The second-order valence-electron chi connectivity index (χ2n) is 6.58. The molecule has 5 nitrogen and oxygen atoms in total. The van der Waals surface area contributed by atoms with E-state index in [-0.39, 0.29) is 11.7 Å². The number of aromatic hydroxyl groups is 1. The zero-order valence-corrected chi connectivity index (χ0v) is 16.7. The lowest BCUT2D eigenvalue weighted by Crippen LogP contribution is -2.29. The second kappa shape index (κ2) is 8.93. The molecule has 0 saturated heterocycles. The van der Waals surface area contributed by atoms with Gasteiger partial charge in [0.05, 0.1) is 18.2 Å². The van der Waals surface area contributed by atoms with Gasteiger partial charge in [0.1, 0.15) is 17.0 Å². The fourth-order valence-corrected chi connectivity index (χ4v) is 3.43. The summed E-state index contributed by atoms with van der Waals surface area (Å²) in [5.41, 5.74) is 1.68. The number of carbonyl (C=O) groups excluding carboxylic acids is 1. The monoisotopic (exact) mass is 398 g/mol. The van der Waals surface area contributed by atoms with Gasteiger partial charge in [-0.2, -0.15) is 0 Å². The second-order valence-corrected chi connectivity index (χ2v) is 6.98. The predicted molar refractivity (Wildman–Crippen MR) is 111 cm³/mol. The van der Waals surface area contributed by atoms with Gasteiger partial charge in [-0.05, 0) is 42.3 Å². The van der Waals surface area contributed by atoms with E-state index in [4.69, 9.17) is 16.3 Å². The van der Waals surface area contributed by atoms with E-state index < -0.39 is 6.04 Å². The first-order valence-electron chi connectivity index (χ1n) is 9.24. The van der Waals surface area contributed by atoms with Gasteiger partial charge in [-0.15, -0.1) is 0 Å². The van der Waals surface area contributed by atoms with Crippen LogP contribution in [0, 0.1) is 0 Å². The topological polar surface area (TPSA) is 71.5 Å². The molecule has 2 aromatic carbocycles. The summed E-state index contributed by atoms with van der Waals surface area (Å²) < 4.78 is 5.32. The van der Waals surface area contributed by atoms with Crippen molar-refractivity contribution in [3.63, 3.8) is 0 Å². The van der Waals surface area contributed by atoms with Crippen molar-refractivity contribution in [3.05, 3.63) is 64.8 Å². The molecular weight excluding hydrogens is 376 g/mol. The minimum atomic E-state index is -0.580. The van der Waals surface area contributed by atoms with Crippen LogP contribution in [0.15, 0.2) is 48.7 Å². The average molecular weight is 399 g/mol. The molecule has 0 aliphatic heterocycles. The number of phenolic OH excluding ortho intramolecular Hbond substituents is 1. The normalized spacial score (nSPS) is 12.0. The highest BCUT2D eigenvalue weighted by atomic mass is 35.5. The van der Waals surface area contributed by atoms with Crippen LogP contribution in [0.3, 0.4) is 0 Å². The minimum absolute atomic E-state index is 0.00334. The molecule has 0 spiro atoms. The number of methoxy groups -OCH3 is 1. The Balaban J connectivity index is 2.11. The number of nitrogens with one attached hydrogen (secondary N) is 1. The molecular formula is C22H23ClN2O3. The molecule has 1 unspecified atom stereocenters. The number of fused-ring (bicyclic) bond motifs is 1.